The molecule has 0 atom stereocenters. The third-order valence-corrected chi connectivity index (χ3v) is 4.23. The number of thioether (sulfide) groups is 1. The van der Waals surface area contributed by atoms with E-state index in [1.807, 2.05) is 6.07 Å². The van der Waals surface area contributed by atoms with Gasteiger partial charge in [-0.05, 0) is 36.6 Å². The van der Waals surface area contributed by atoms with Crippen LogP contribution in [0, 0.1) is 17.1 Å². The molecule has 7 nitrogen and oxygen atoms in total. The molecule has 2 rings (SSSR count). The van der Waals surface area contributed by atoms with Gasteiger partial charge in [0.15, 0.2) is 11.5 Å². The highest BCUT2D eigenvalue weighted by atomic mass is 32.2. The zero-order chi connectivity index (χ0) is 20.7. The summed E-state index contributed by atoms with van der Waals surface area (Å²) in [5.74, 6) is -0.248. The maximum absolute atomic E-state index is 14.8. The van der Waals surface area contributed by atoms with Crippen LogP contribution in [0.2, 0.25) is 0 Å². The van der Waals surface area contributed by atoms with Crippen molar-refractivity contribution in [1.82, 2.24) is 0 Å². The average Bonchev–Trinajstić information content (AvgIpc) is 2.70. The van der Waals surface area contributed by atoms with Gasteiger partial charge in [0.25, 0.3) is 0 Å². The summed E-state index contributed by atoms with van der Waals surface area (Å²) in [6.07, 6.45) is 0.173. The van der Waals surface area contributed by atoms with Gasteiger partial charge in [-0.25, -0.2) is 14.2 Å². The summed E-state index contributed by atoms with van der Waals surface area (Å²) in [5, 5.41) is 18.0. The lowest BCUT2D eigenvalue weighted by Gasteiger charge is -2.13. The highest BCUT2D eigenvalue weighted by Gasteiger charge is 2.21. The highest BCUT2D eigenvalue weighted by molar-refractivity contribution is 8.15. The van der Waals surface area contributed by atoms with Crippen LogP contribution in [0.3, 0.4) is 0 Å². The first-order valence-corrected chi connectivity index (χ1v) is 9.02. The molecule has 0 spiro atoms. The molecular formula is C19H16FN3O4S. The molecule has 9 heteroatoms. The second kappa shape index (κ2) is 9.53. The third kappa shape index (κ3) is 4.86. The summed E-state index contributed by atoms with van der Waals surface area (Å²) in [6.45, 7) is 0. The minimum Gasteiger partial charge on any atom is -0.493 e. The second-order valence-electron chi connectivity index (χ2n) is 5.21. The number of carbonyl (C=O) groups is 1. The summed E-state index contributed by atoms with van der Waals surface area (Å²) in [6, 6.07) is 10.7. The molecule has 0 aliphatic heterocycles. The van der Waals surface area contributed by atoms with Gasteiger partial charge in [0.05, 0.1) is 31.5 Å². The Balaban J connectivity index is 2.73. The predicted molar refractivity (Wildman–Crippen MR) is 106 cm³/mol. The molecule has 1 amide bonds. The first kappa shape index (κ1) is 20.9. The molecule has 2 aromatic carbocycles. The fraction of sp³-hybridized carbons (Fsp3) is 0.158. The van der Waals surface area contributed by atoms with Crippen LogP contribution in [0.1, 0.15) is 11.1 Å². The number of carboxylic acid groups (broad SMARTS) is 1. The zero-order valence-electron chi connectivity index (χ0n) is 15.3. The van der Waals surface area contributed by atoms with E-state index in [9.17, 15) is 9.18 Å². The number of hydrogen-bond acceptors (Lipinski definition) is 6. The van der Waals surface area contributed by atoms with Gasteiger partial charge in [0, 0.05) is 11.6 Å². The van der Waals surface area contributed by atoms with Crippen molar-refractivity contribution in [3.63, 3.8) is 0 Å². The number of nitrogens with zero attached hydrogens (tertiary/aromatic N) is 3. The molecule has 0 aliphatic carbocycles. The molecule has 0 aromatic heterocycles. The molecule has 2 aromatic rings. The van der Waals surface area contributed by atoms with Gasteiger partial charge in [-0.1, -0.05) is 0 Å². The van der Waals surface area contributed by atoms with Crippen molar-refractivity contribution in [1.29, 1.82) is 5.26 Å². The van der Waals surface area contributed by atoms with Crippen LogP contribution in [0.5, 0.6) is 11.5 Å². The Labute approximate surface area is 165 Å². The number of aliphatic imine (C=N–C) groups is 2. The molecule has 1 N–H and O–H groups in total. The Morgan fingerprint density at radius 3 is 2.29 bits per heavy atom. The van der Waals surface area contributed by atoms with Gasteiger partial charge in [0.1, 0.15) is 16.6 Å². The van der Waals surface area contributed by atoms with E-state index in [1.165, 1.54) is 20.3 Å². The summed E-state index contributed by atoms with van der Waals surface area (Å²) in [5.41, 5.74) is 0.840. The second-order valence-corrected chi connectivity index (χ2v) is 6.00. The third-order valence-electron chi connectivity index (χ3n) is 3.56. The van der Waals surface area contributed by atoms with Crippen molar-refractivity contribution in [2.45, 2.75) is 0 Å². The Morgan fingerprint density at radius 2 is 1.79 bits per heavy atom. The van der Waals surface area contributed by atoms with Crippen molar-refractivity contribution in [3.8, 4) is 17.6 Å². The highest BCUT2D eigenvalue weighted by Crippen LogP contribution is 2.31. The van der Waals surface area contributed by atoms with E-state index >= 15 is 0 Å². The van der Waals surface area contributed by atoms with E-state index in [0.717, 1.165) is 17.8 Å². The Kier molecular flexibility index (Phi) is 7.12. The lowest BCUT2D eigenvalue weighted by Crippen LogP contribution is -2.16. The average molecular weight is 401 g/mol. The van der Waals surface area contributed by atoms with Crippen molar-refractivity contribution in [2.75, 3.05) is 20.5 Å². The lowest BCUT2D eigenvalue weighted by atomic mass is 10.1. The lowest BCUT2D eigenvalue weighted by molar-refractivity contribution is 0.206. The summed E-state index contributed by atoms with van der Waals surface area (Å²) in [7, 11) is 2.78. The Bertz CT molecular complexity index is 982. The van der Waals surface area contributed by atoms with Gasteiger partial charge in [-0.15, -0.1) is 11.8 Å². The van der Waals surface area contributed by atoms with Crippen LogP contribution < -0.4 is 9.47 Å². The largest absolute Gasteiger partial charge is 0.493 e. The van der Waals surface area contributed by atoms with E-state index in [2.05, 4.69) is 9.98 Å². The first-order valence-electron chi connectivity index (χ1n) is 7.80. The molecule has 0 bridgehead atoms. The van der Waals surface area contributed by atoms with Crippen molar-refractivity contribution in [3.05, 3.63) is 53.3 Å². The molecule has 0 unspecified atom stereocenters. The molecule has 0 saturated carbocycles. The smallest absolute Gasteiger partial charge is 0.432 e. The van der Waals surface area contributed by atoms with Gasteiger partial charge < -0.3 is 14.6 Å². The van der Waals surface area contributed by atoms with E-state index in [1.54, 1.807) is 30.5 Å². The Morgan fingerprint density at radius 1 is 1.18 bits per heavy atom. The summed E-state index contributed by atoms with van der Waals surface area (Å²) < 4.78 is 25.1. The van der Waals surface area contributed by atoms with Crippen molar-refractivity contribution in [2.24, 2.45) is 9.98 Å². The van der Waals surface area contributed by atoms with Crippen molar-refractivity contribution >= 4 is 34.3 Å². The number of nitriles is 1. The van der Waals surface area contributed by atoms with Crippen LogP contribution in [0.15, 0.2) is 46.4 Å². The van der Waals surface area contributed by atoms with Crippen LogP contribution in [-0.2, 0) is 0 Å². The van der Waals surface area contributed by atoms with Gasteiger partial charge in [-0.2, -0.15) is 10.3 Å². The van der Waals surface area contributed by atoms with Crippen LogP contribution >= 0.6 is 11.8 Å². The minimum atomic E-state index is -1.43. The number of halogens is 1. The topological polar surface area (TPSA) is 104 Å². The summed E-state index contributed by atoms with van der Waals surface area (Å²) >= 11 is 1.01. The number of methoxy groups -OCH3 is 2. The number of benzene rings is 2. The van der Waals surface area contributed by atoms with Gasteiger partial charge in [0.2, 0.25) is 0 Å². The maximum atomic E-state index is 14.8. The SMILES string of the molecule is COc1cc(F)c(C(=Nc2ccc(C#N)cc2)C(=NC(=O)O)SC)cc1OC. The van der Waals surface area contributed by atoms with E-state index in [-0.39, 0.29) is 27.8 Å². The molecule has 28 heavy (non-hydrogen) atoms. The van der Waals surface area contributed by atoms with Gasteiger partial charge >= 0.3 is 6.09 Å². The Hall–Kier alpha value is -3.38. The predicted octanol–water partition coefficient (Wildman–Crippen LogP) is 4.27. The fourth-order valence-electron chi connectivity index (χ4n) is 2.28. The number of amides is 1. The standard InChI is InChI=1S/C19H16FN3O4S/c1-26-15-8-13(14(20)9-16(15)27-2)17(18(28-3)23-19(24)25)22-12-6-4-11(10-21)5-7-12/h4-9H,1-3H3,(H,24,25). The van der Waals surface area contributed by atoms with Crippen molar-refractivity contribution < 1.29 is 23.8 Å². The molecule has 0 fully saturated rings. The molecule has 0 radical (unpaired) electrons. The molecule has 0 heterocycles. The van der Waals surface area contributed by atoms with Crippen LogP contribution in [0.25, 0.3) is 0 Å². The minimum absolute atomic E-state index is 0.00276. The number of rotatable bonds is 5. The molecule has 0 aliphatic rings. The van der Waals surface area contributed by atoms with E-state index < -0.39 is 11.9 Å². The number of ether oxygens (including phenoxy) is 2. The maximum Gasteiger partial charge on any atom is 0.432 e. The van der Waals surface area contributed by atoms with Gasteiger partial charge in [-0.3, -0.25) is 0 Å². The number of hydrogen-bond donors (Lipinski definition) is 1. The first-order chi connectivity index (χ1) is 13.4. The van der Waals surface area contributed by atoms with Crippen LogP contribution in [0.4, 0.5) is 14.9 Å². The normalized spacial score (nSPS) is 11.7. The zero-order valence-corrected chi connectivity index (χ0v) is 16.1. The molecule has 144 valence electrons. The molecular weight excluding hydrogens is 385 g/mol. The quantitative estimate of drug-likeness (QED) is 0.592. The van der Waals surface area contributed by atoms with Crippen LogP contribution in [-0.4, -0.2) is 42.4 Å². The monoisotopic (exact) mass is 401 g/mol. The fourth-order valence-corrected chi connectivity index (χ4v) is 2.80. The summed E-state index contributed by atoms with van der Waals surface area (Å²) in [4.78, 5) is 19.0. The molecule has 0 saturated heterocycles. The van der Waals surface area contributed by atoms with E-state index in [4.69, 9.17) is 19.8 Å². The van der Waals surface area contributed by atoms with E-state index in [0.29, 0.717) is 11.3 Å².